The van der Waals surface area contributed by atoms with Crippen molar-refractivity contribution < 1.29 is 12.9 Å². The van der Waals surface area contributed by atoms with Gasteiger partial charge in [-0.1, -0.05) is 26.2 Å². The zero-order valence-electron chi connectivity index (χ0n) is 8.68. The highest BCUT2D eigenvalue weighted by Crippen LogP contribution is 2.22. The third-order valence-corrected chi connectivity index (χ3v) is 1.92. The van der Waals surface area contributed by atoms with Crippen molar-refractivity contribution in [3.63, 3.8) is 0 Å². The maximum Gasteiger partial charge on any atom is 0.513 e. The number of rotatable bonds is 1. The minimum Gasteiger partial charge on any atom is -0.445 e. The van der Waals surface area contributed by atoms with Gasteiger partial charge < -0.3 is 12.9 Å². The summed E-state index contributed by atoms with van der Waals surface area (Å²) in [5.74, 6) is 0. The highest BCUT2D eigenvalue weighted by atomic mass is 19.4. The first-order valence-electron chi connectivity index (χ1n) is 4.36. The average molecular weight is 205 g/mol. The van der Waals surface area contributed by atoms with E-state index in [2.05, 4.69) is 5.10 Å². The number of nitrogens with zero attached hydrogens (tertiary/aromatic N) is 2. The van der Waals surface area contributed by atoms with Gasteiger partial charge in [-0.05, 0) is 6.20 Å². The van der Waals surface area contributed by atoms with Crippen LogP contribution in [0.3, 0.4) is 0 Å². The summed E-state index contributed by atoms with van der Waals surface area (Å²) >= 11 is 0. The Morgan fingerprint density at radius 3 is 2.07 bits per heavy atom. The largest absolute Gasteiger partial charge is 0.513 e. The lowest BCUT2D eigenvalue weighted by molar-refractivity contribution is 0.494. The number of hydrogen-bond donors (Lipinski definition) is 0. The molecule has 0 aliphatic rings. The zero-order chi connectivity index (χ0) is 11.1. The van der Waals surface area contributed by atoms with E-state index < -0.39 is 17.9 Å². The standard InChI is InChI=1S/C8H13BF3N2/c1-8(2,3)7-6(9(10,11)12)5-14(4)13-7/h5H,1-4H3/q-1. The van der Waals surface area contributed by atoms with Gasteiger partial charge in [0.05, 0.1) is 0 Å². The van der Waals surface area contributed by atoms with Crippen LogP contribution in [-0.2, 0) is 12.5 Å². The van der Waals surface area contributed by atoms with Gasteiger partial charge in [0.2, 0.25) is 0 Å². The lowest BCUT2D eigenvalue weighted by Gasteiger charge is -2.22. The second-order valence-electron chi connectivity index (χ2n) is 4.43. The van der Waals surface area contributed by atoms with E-state index in [4.69, 9.17) is 0 Å². The molecule has 1 heterocycles. The van der Waals surface area contributed by atoms with Crippen LogP contribution in [-0.4, -0.2) is 16.8 Å². The van der Waals surface area contributed by atoms with Crippen LogP contribution in [0.25, 0.3) is 0 Å². The summed E-state index contributed by atoms with van der Waals surface area (Å²) in [5.41, 5.74) is -1.04. The van der Waals surface area contributed by atoms with E-state index in [1.807, 2.05) is 0 Å². The van der Waals surface area contributed by atoms with Crippen LogP contribution in [0.5, 0.6) is 0 Å². The monoisotopic (exact) mass is 205 g/mol. The molecule has 1 aromatic rings. The minimum atomic E-state index is -4.96. The Kier molecular flexibility index (Phi) is 2.41. The van der Waals surface area contributed by atoms with Crippen LogP contribution in [0.4, 0.5) is 12.9 Å². The Balaban J connectivity index is 3.31. The van der Waals surface area contributed by atoms with Crippen molar-refractivity contribution in [3.05, 3.63) is 11.9 Å². The van der Waals surface area contributed by atoms with Crippen LogP contribution >= 0.6 is 0 Å². The maximum atomic E-state index is 12.6. The molecule has 2 nitrogen and oxygen atoms in total. The Morgan fingerprint density at radius 1 is 1.29 bits per heavy atom. The summed E-state index contributed by atoms with van der Waals surface area (Å²) in [4.78, 5) is 0. The Morgan fingerprint density at radius 2 is 1.79 bits per heavy atom. The number of aromatic nitrogens is 2. The molecule has 6 heteroatoms. The van der Waals surface area contributed by atoms with Crippen molar-refractivity contribution in [3.8, 4) is 0 Å². The Labute approximate surface area is 81.2 Å². The summed E-state index contributed by atoms with van der Waals surface area (Å²) in [7, 11) is 1.50. The number of hydrogen-bond acceptors (Lipinski definition) is 1. The fourth-order valence-corrected chi connectivity index (χ4v) is 1.33. The first-order chi connectivity index (χ1) is 6.12. The van der Waals surface area contributed by atoms with Crippen molar-refractivity contribution in [1.29, 1.82) is 0 Å². The van der Waals surface area contributed by atoms with Gasteiger partial charge in [0.15, 0.2) is 0 Å². The van der Waals surface area contributed by atoms with Gasteiger partial charge in [0.1, 0.15) is 0 Å². The van der Waals surface area contributed by atoms with Crippen molar-refractivity contribution in [2.75, 3.05) is 0 Å². The molecule has 0 aromatic carbocycles. The molecule has 0 fully saturated rings. The summed E-state index contributed by atoms with van der Waals surface area (Å²) in [5, 5.41) is 3.86. The molecule has 0 aliphatic heterocycles. The predicted molar refractivity (Wildman–Crippen MR) is 50.6 cm³/mol. The van der Waals surface area contributed by atoms with Gasteiger partial charge in [-0.2, -0.15) is 5.10 Å². The fraction of sp³-hybridized carbons (Fsp3) is 0.625. The van der Waals surface area contributed by atoms with Crippen molar-refractivity contribution >= 4 is 12.4 Å². The van der Waals surface area contributed by atoms with Crippen LogP contribution < -0.4 is 5.46 Å². The second kappa shape index (κ2) is 3.03. The maximum absolute atomic E-state index is 12.6. The zero-order valence-corrected chi connectivity index (χ0v) is 8.68. The predicted octanol–water partition coefficient (Wildman–Crippen LogP) is 1.77. The van der Waals surface area contributed by atoms with Crippen LogP contribution in [0.1, 0.15) is 26.5 Å². The van der Waals surface area contributed by atoms with Crippen molar-refractivity contribution in [2.24, 2.45) is 7.05 Å². The van der Waals surface area contributed by atoms with E-state index in [9.17, 15) is 12.9 Å². The third kappa shape index (κ3) is 2.11. The SMILES string of the molecule is Cn1cc([B-](F)(F)F)c(C(C)(C)C)n1. The molecule has 0 aliphatic carbocycles. The second-order valence-corrected chi connectivity index (χ2v) is 4.43. The molecular formula is C8H13BF3N2-. The van der Waals surface area contributed by atoms with Crippen LogP contribution in [0.2, 0.25) is 0 Å². The molecule has 0 bridgehead atoms. The molecule has 0 saturated carbocycles. The average Bonchev–Trinajstić information content (AvgIpc) is 2.27. The van der Waals surface area contributed by atoms with Gasteiger partial charge in [0.25, 0.3) is 0 Å². The van der Waals surface area contributed by atoms with Gasteiger partial charge >= 0.3 is 6.98 Å². The first kappa shape index (κ1) is 11.1. The van der Waals surface area contributed by atoms with E-state index in [0.29, 0.717) is 0 Å². The van der Waals surface area contributed by atoms with E-state index in [-0.39, 0.29) is 5.69 Å². The minimum absolute atomic E-state index is 0.118. The Bertz CT molecular complexity index is 304. The van der Waals surface area contributed by atoms with Crippen molar-refractivity contribution in [1.82, 2.24) is 9.78 Å². The molecule has 1 rings (SSSR count). The lowest BCUT2D eigenvalue weighted by Crippen LogP contribution is -2.39. The van der Waals surface area contributed by atoms with Gasteiger partial charge in [-0.15, -0.1) is 0 Å². The summed E-state index contributed by atoms with van der Waals surface area (Å²) < 4.78 is 39.0. The molecule has 0 atom stereocenters. The molecule has 0 N–H and O–H groups in total. The van der Waals surface area contributed by atoms with E-state index >= 15 is 0 Å². The smallest absolute Gasteiger partial charge is 0.445 e. The molecular weight excluding hydrogens is 192 g/mol. The van der Waals surface area contributed by atoms with Gasteiger partial charge in [0, 0.05) is 18.2 Å². The molecule has 0 amide bonds. The summed E-state index contributed by atoms with van der Waals surface area (Å²) in [6, 6.07) is 0. The molecule has 1 aromatic heterocycles. The fourth-order valence-electron chi connectivity index (χ4n) is 1.33. The molecule has 0 saturated heterocycles. The molecule has 14 heavy (non-hydrogen) atoms. The first-order valence-corrected chi connectivity index (χ1v) is 4.36. The Hall–Kier alpha value is -0.935. The number of halogens is 3. The quantitative estimate of drug-likeness (QED) is 0.639. The molecule has 80 valence electrons. The normalized spacial score (nSPS) is 13.4. The van der Waals surface area contributed by atoms with E-state index in [1.165, 1.54) is 11.7 Å². The highest BCUT2D eigenvalue weighted by molar-refractivity contribution is 6.73. The summed E-state index contributed by atoms with van der Waals surface area (Å²) in [6.07, 6.45) is 1.04. The van der Waals surface area contributed by atoms with Crippen LogP contribution in [0, 0.1) is 0 Å². The topological polar surface area (TPSA) is 17.8 Å². The van der Waals surface area contributed by atoms with E-state index in [1.54, 1.807) is 20.8 Å². The molecule has 0 unspecified atom stereocenters. The third-order valence-electron chi connectivity index (χ3n) is 1.92. The lowest BCUT2D eigenvalue weighted by atomic mass is 9.74. The van der Waals surface area contributed by atoms with Crippen molar-refractivity contribution in [2.45, 2.75) is 26.2 Å². The number of aryl methyl sites for hydroxylation is 1. The molecule has 0 radical (unpaired) electrons. The summed E-state index contributed by atoms with van der Waals surface area (Å²) in [6.45, 7) is 0.204. The molecule has 0 spiro atoms. The highest BCUT2D eigenvalue weighted by Gasteiger charge is 2.34. The van der Waals surface area contributed by atoms with Gasteiger partial charge in [-0.25, -0.2) is 0 Å². The van der Waals surface area contributed by atoms with Gasteiger partial charge in [-0.3, -0.25) is 4.68 Å². The van der Waals surface area contributed by atoms with E-state index in [0.717, 1.165) is 6.20 Å². The van der Waals surface area contributed by atoms with Crippen LogP contribution in [0.15, 0.2) is 6.20 Å².